The molecule has 0 fully saturated rings. The van der Waals surface area contributed by atoms with Gasteiger partial charge in [0.1, 0.15) is 7.11 Å². The van der Waals surface area contributed by atoms with Crippen molar-refractivity contribution in [3.05, 3.63) is 16.8 Å². The van der Waals surface area contributed by atoms with Gasteiger partial charge in [0.15, 0.2) is 6.33 Å². The number of H-pyrrole nitrogens is 1. The second-order valence-electron chi connectivity index (χ2n) is 1.17. The van der Waals surface area contributed by atoms with E-state index in [1.165, 1.54) is 13.4 Å². The predicted molar refractivity (Wildman–Crippen MR) is 25.4 cm³/mol. The second kappa shape index (κ2) is 1.69. The zero-order valence-corrected chi connectivity index (χ0v) is 4.29. The van der Waals surface area contributed by atoms with Gasteiger partial charge < -0.3 is 4.84 Å². The highest BCUT2D eigenvalue weighted by Gasteiger charge is 1.89. The van der Waals surface area contributed by atoms with E-state index in [0.29, 0.717) is 0 Å². The minimum Gasteiger partial charge on any atom is -0.411 e. The van der Waals surface area contributed by atoms with E-state index in [4.69, 9.17) is 0 Å². The van der Waals surface area contributed by atoms with Gasteiger partial charge in [0.2, 0.25) is 0 Å². The van der Waals surface area contributed by atoms with Gasteiger partial charge in [-0.05, 0) is 0 Å². The first-order chi connectivity index (χ1) is 3.84. The van der Waals surface area contributed by atoms with E-state index in [1.807, 2.05) is 0 Å². The number of rotatable bonds is 1. The van der Waals surface area contributed by atoms with Crippen LogP contribution in [-0.2, 0) is 0 Å². The normalized spacial score (nSPS) is 9.12. The molecule has 1 aromatic heterocycles. The van der Waals surface area contributed by atoms with E-state index in [2.05, 4.69) is 15.0 Å². The standard InChI is InChI=1S/C3H5N3O2/c1-8-6-2-4-5-3(6)7/h2H,1H3,(H,5,7). The van der Waals surface area contributed by atoms with Gasteiger partial charge in [-0.15, -0.1) is 4.73 Å². The Balaban J connectivity index is 3.11. The molecule has 0 aliphatic carbocycles. The number of hydrogen-bond acceptors (Lipinski definition) is 3. The first-order valence-electron chi connectivity index (χ1n) is 2.01. The summed E-state index contributed by atoms with van der Waals surface area (Å²) in [5, 5.41) is 5.54. The van der Waals surface area contributed by atoms with Crippen molar-refractivity contribution in [2.45, 2.75) is 0 Å². The molecule has 0 aromatic carbocycles. The van der Waals surface area contributed by atoms with E-state index in [9.17, 15) is 4.79 Å². The van der Waals surface area contributed by atoms with Crippen molar-refractivity contribution in [1.82, 2.24) is 14.9 Å². The van der Waals surface area contributed by atoms with Gasteiger partial charge in [-0.1, -0.05) is 0 Å². The van der Waals surface area contributed by atoms with Gasteiger partial charge in [-0.2, -0.15) is 5.10 Å². The molecule has 1 N–H and O–H groups in total. The van der Waals surface area contributed by atoms with Gasteiger partial charge >= 0.3 is 5.69 Å². The summed E-state index contributed by atoms with van der Waals surface area (Å²) in [6, 6.07) is 0. The molecule has 1 heterocycles. The van der Waals surface area contributed by atoms with Crippen molar-refractivity contribution in [2.75, 3.05) is 7.11 Å². The summed E-state index contributed by atoms with van der Waals surface area (Å²) in [7, 11) is 1.39. The third-order valence-electron chi connectivity index (χ3n) is 0.720. The van der Waals surface area contributed by atoms with Crippen LogP contribution in [0.2, 0.25) is 0 Å². The van der Waals surface area contributed by atoms with E-state index in [-0.39, 0.29) is 5.69 Å². The Morgan fingerprint density at radius 1 is 2.00 bits per heavy atom. The lowest BCUT2D eigenvalue weighted by atomic mass is 11.2. The Bertz CT molecular complexity index is 212. The second-order valence-corrected chi connectivity index (χ2v) is 1.17. The monoisotopic (exact) mass is 115 g/mol. The van der Waals surface area contributed by atoms with Crippen molar-refractivity contribution in [1.29, 1.82) is 0 Å². The molecule has 0 bridgehead atoms. The van der Waals surface area contributed by atoms with Crippen molar-refractivity contribution < 1.29 is 4.84 Å². The lowest BCUT2D eigenvalue weighted by Gasteiger charge is -1.90. The lowest BCUT2D eigenvalue weighted by molar-refractivity contribution is 0.157. The van der Waals surface area contributed by atoms with Crippen LogP contribution >= 0.6 is 0 Å². The first-order valence-corrected chi connectivity index (χ1v) is 2.01. The number of nitrogens with one attached hydrogen (secondary N) is 1. The topological polar surface area (TPSA) is 59.9 Å². The molecule has 0 aliphatic rings. The molecule has 0 spiro atoms. The third kappa shape index (κ3) is 0.575. The van der Waals surface area contributed by atoms with Gasteiger partial charge in [-0.3, -0.25) is 0 Å². The van der Waals surface area contributed by atoms with Crippen LogP contribution in [0.4, 0.5) is 0 Å². The highest BCUT2D eigenvalue weighted by molar-refractivity contribution is 4.54. The SMILES string of the molecule is COn1cn[nH]c1=O. The molecule has 8 heavy (non-hydrogen) atoms. The van der Waals surface area contributed by atoms with Crippen LogP contribution in [0.5, 0.6) is 0 Å². The Kier molecular flexibility index (Phi) is 1.03. The van der Waals surface area contributed by atoms with Crippen LogP contribution in [0.25, 0.3) is 0 Å². The molecule has 0 saturated heterocycles. The number of nitrogens with zero attached hydrogens (tertiary/aromatic N) is 2. The lowest BCUT2D eigenvalue weighted by Crippen LogP contribution is -2.20. The van der Waals surface area contributed by atoms with Gasteiger partial charge in [0.25, 0.3) is 0 Å². The van der Waals surface area contributed by atoms with Crippen LogP contribution in [0, 0.1) is 0 Å². The molecule has 0 atom stereocenters. The molecular formula is C3H5N3O2. The summed E-state index contributed by atoms with van der Waals surface area (Å²) in [6.45, 7) is 0. The van der Waals surface area contributed by atoms with Gasteiger partial charge in [0.05, 0.1) is 0 Å². The Hall–Kier alpha value is -1.26. The molecule has 5 nitrogen and oxygen atoms in total. The summed E-state index contributed by atoms with van der Waals surface area (Å²) in [4.78, 5) is 14.9. The number of aromatic amines is 1. The molecule has 0 radical (unpaired) electrons. The fraction of sp³-hybridized carbons (Fsp3) is 0.333. The summed E-state index contributed by atoms with van der Waals surface area (Å²) >= 11 is 0. The van der Waals surface area contributed by atoms with Crippen molar-refractivity contribution >= 4 is 0 Å². The summed E-state index contributed by atoms with van der Waals surface area (Å²) < 4.78 is 0.986. The Labute approximate surface area is 44.9 Å². The molecule has 1 aromatic rings. The first kappa shape index (κ1) is 4.89. The Morgan fingerprint density at radius 3 is 3.00 bits per heavy atom. The molecule has 0 saturated carbocycles. The van der Waals surface area contributed by atoms with Crippen LogP contribution < -0.4 is 10.5 Å². The van der Waals surface area contributed by atoms with Crippen LogP contribution in [0.1, 0.15) is 0 Å². The average Bonchev–Trinajstić information content (AvgIpc) is 2.14. The quantitative estimate of drug-likeness (QED) is 0.491. The minimum atomic E-state index is -0.368. The minimum absolute atomic E-state index is 0.368. The smallest absolute Gasteiger partial charge is 0.376 e. The summed E-state index contributed by atoms with van der Waals surface area (Å²) in [6.07, 6.45) is 1.25. The molecule has 0 amide bonds. The van der Waals surface area contributed by atoms with Crippen LogP contribution in [0.3, 0.4) is 0 Å². The molecule has 5 heteroatoms. The summed E-state index contributed by atoms with van der Waals surface area (Å²) in [5.74, 6) is 0. The highest BCUT2D eigenvalue weighted by atomic mass is 16.7. The Morgan fingerprint density at radius 2 is 2.75 bits per heavy atom. The van der Waals surface area contributed by atoms with Crippen molar-refractivity contribution in [3.8, 4) is 0 Å². The third-order valence-corrected chi connectivity index (χ3v) is 0.720. The van der Waals surface area contributed by atoms with E-state index in [1.54, 1.807) is 0 Å². The van der Waals surface area contributed by atoms with Gasteiger partial charge in [-0.25, -0.2) is 9.89 Å². The highest BCUT2D eigenvalue weighted by Crippen LogP contribution is 1.60. The molecular weight excluding hydrogens is 110 g/mol. The fourth-order valence-electron chi connectivity index (χ4n) is 0.368. The molecule has 1 rings (SSSR count). The maximum Gasteiger partial charge on any atom is 0.376 e. The maximum absolute atomic E-state index is 10.4. The zero-order valence-electron chi connectivity index (χ0n) is 4.29. The number of aromatic nitrogens is 3. The fourth-order valence-corrected chi connectivity index (χ4v) is 0.368. The summed E-state index contributed by atoms with van der Waals surface area (Å²) in [5.41, 5.74) is -0.368. The van der Waals surface area contributed by atoms with E-state index < -0.39 is 0 Å². The molecule has 0 unspecified atom stereocenters. The van der Waals surface area contributed by atoms with Crippen molar-refractivity contribution in [3.63, 3.8) is 0 Å². The maximum atomic E-state index is 10.4. The van der Waals surface area contributed by atoms with Crippen LogP contribution in [0.15, 0.2) is 11.1 Å². The number of hydrogen-bond donors (Lipinski definition) is 1. The van der Waals surface area contributed by atoms with E-state index in [0.717, 1.165) is 4.73 Å². The van der Waals surface area contributed by atoms with Gasteiger partial charge in [0, 0.05) is 0 Å². The molecule has 0 aliphatic heterocycles. The largest absolute Gasteiger partial charge is 0.411 e. The predicted octanol–water partition coefficient (Wildman–Crippen LogP) is -1.37. The molecule has 44 valence electrons. The van der Waals surface area contributed by atoms with E-state index >= 15 is 0 Å². The van der Waals surface area contributed by atoms with Crippen molar-refractivity contribution in [2.24, 2.45) is 0 Å². The van der Waals surface area contributed by atoms with Crippen LogP contribution in [-0.4, -0.2) is 22.0 Å². The average molecular weight is 115 g/mol. The zero-order chi connectivity index (χ0) is 5.98.